The van der Waals surface area contributed by atoms with Crippen LogP contribution in [-0.4, -0.2) is 19.6 Å². The highest BCUT2D eigenvalue weighted by molar-refractivity contribution is 5.70. The molecule has 1 aliphatic rings. The molecular formula is C24H19FN6O. The first kappa shape index (κ1) is 19.6. The fourth-order valence-electron chi connectivity index (χ4n) is 4.09. The molecule has 2 aromatic carbocycles. The number of nitriles is 1. The maximum Gasteiger partial charge on any atom is 0.229 e. The van der Waals surface area contributed by atoms with Gasteiger partial charge in [-0.25, -0.2) is 4.39 Å². The molecule has 2 N–H and O–H groups in total. The maximum atomic E-state index is 13.7. The fraction of sp³-hybridized carbons (Fsp3) is 0.125. The Morgan fingerprint density at radius 2 is 1.81 bits per heavy atom. The van der Waals surface area contributed by atoms with Crippen LogP contribution in [0.3, 0.4) is 0 Å². The molecule has 1 unspecified atom stereocenters. The van der Waals surface area contributed by atoms with Gasteiger partial charge in [0, 0.05) is 7.05 Å². The molecule has 7 nitrogen and oxygen atoms in total. The van der Waals surface area contributed by atoms with Crippen molar-refractivity contribution in [2.24, 2.45) is 12.8 Å². The lowest BCUT2D eigenvalue weighted by molar-refractivity contribution is 0.367. The Morgan fingerprint density at radius 3 is 2.44 bits per heavy atom. The van der Waals surface area contributed by atoms with E-state index in [1.807, 2.05) is 50.4 Å². The van der Waals surface area contributed by atoms with Crippen LogP contribution in [0.4, 0.5) is 4.39 Å². The van der Waals surface area contributed by atoms with Gasteiger partial charge in [-0.15, -0.1) is 0 Å². The summed E-state index contributed by atoms with van der Waals surface area (Å²) in [5.74, 6) is -0.527. The first-order valence-corrected chi connectivity index (χ1v) is 10.0. The van der Waals surface area contributed by atoms with Gasteiger partial charge in [-0.1, -0.05) is 30.3 Å². The molecule has 0 radical (unpaired) electrons. The van der Waals surface area contributed by atoms with Crippen LogP contribution in [0.5, 0.6) is 5.88 Å². The van der Waals surface area contributed by atoms with Crippen molar-refractivity contribution in [1.29, 1.82) is 5.26 Å². The van der Waals surface area contributed by atoms with Crippen LogP contribution in [0.15, 0.2) is 72.1 Å². The molecule has 32 heavy (non-hydrogen) atoms. The van der Waals surface area contributed by atoms with Gasteiger partial charge in [0.15, 0.2) is 0 Å². The van der Waals surface area contributed by atoms with E-state index in [0.29, 0.717) is 22.7 Å². The summed E-state index contributed by atoms with van der Waals surface area (Å²) in [5, 5.41) is 19.3. The second-order valence-corrected chi connectivity index (χ2v) is 7.59. The van der Waals surface area contributed by atoms with Gasteiger partial charge in [-0.05, 0) is 42.8 Å². The highest BCUT2D eigenvalue weighted by Crippen LogP contribution is 2.47. The maximum absolute atomic E-state index is 13.7. The van der Waals surface area contributed by atoms with Gasteiger partial charge in [0.05, 0.1) is 28.6 Å². The van der Waals surface area contributed by atoms with Crippen LogP contribution in [0, 0.1) is 24.1 Å². The van der Waals surface area contributed by atoms with E-state index in [4.69, 9.17) is 15.6 Å². The van der Waals surface area contributed by atoms with Crippen molar-refractivity contribution in [3.8, 4) is 29.0 Å². The standard InChI is InChI=1S/C24H19FN6O/c1-14-12-19(30(2)28-14)22-21-20(15-8-10-16(25)11-9-15)18(13-26)23(27)32-24(21)31(29-22)17-6-4-3-5-7-17/h3-12,20H,27H2,1-2H3. The van der Waals surface area contributed by atoms with E-state index < -0.39 is 5.92 Å². The lowest BCUT2D eigenvalue weighted by Crippen LogP contribution is -2.22. The molecule has 0 spiro atoms. The van der Waals surface area contributed by atoms with Gasteiger partial charge >= 0.3 is 0 Å². The van der Waals surface area contributed by atoms with E-state index in [1.54, 1.807) is 21.5 Å². The molecule has 0 amide bonds. The summed E-state index contributed by atoms with van der Waals surface area (Å²) in [7, 11) is 1.84. The third kappa shape index (κ3) is 3.03. The zero-order valence-corrected chi connectivity index (χ0v) is 17.5. The van der Waals surface area contributed by atoms with Crippen LogP contribution in [0.2, 0.25) is 0 Å². The molecular weight excluding hydrogens is 407 g/mol. The number of ether oxygens (including phenoxy) is 1. The summed E-state index contributed by atoms with van der Waals surface area (Å²) < 4.78 is 23.1. The smallest absolute Gasteiger partial charge is 0.229 e. The molecule has 1 aliphatic heterocycles. The number of nitrogens with zero attached hydrogens (tertiary/aromatic N) is 5. The molecule has 0 fully saturated rings. The minimum Gasteiger partial charge on any atom is -0.422 e. The molecule has 2 aromatic heterocycles. The minimum absolute atomic E-state index is 0.000794. The number of hydrogen-bond donors (Lipinski definition) is 1. The van der Waals surface area contributed by atoms with E-state index in [1.165, 1.54) is 12.1 Å². The summed E-state index contributed by atoms with van der Waals surface area (Å²) in [4.78, 5) is 0. The zero-order chi connectivity index (χ0) is 22.4. The number of aryl methyl sites for hydroxylation is 2. The molecule has 0 saturated heterocycles. The van der Waals surface area contributed by atoms with Gasteiger partial charge in [0.2, 0.25) is 11.8 Å². The molecule has 4 aromatic rings. The highest BCUT2D eigenvalue weighted by Gasteiger charge is 2.38. The minimum atomic E-state index is -0.577. The van der Waals surface area contributed by atoms with E-state index in [0.717, 1.165) is 17.1 Å². The summed E-state index contributed by atoms with van der Waals surface area (Å²) in [6.07, 6.45) is 0. The van der Waals surface area contributed by atoms with E-state index in [2.05, 4.69) is 11.2 Å². The SMILES string of the molecule is Cc1cc(-c2nn(-c3ccccc3)c3c2C(c2ccc(F)cc2)C(C#N)=C(N)O3)n(C)n1. The first-order chi connectivity index (χ1) is 15.5. The number of allylic oxidation sites excluding steroid dienone is 1. The fourth-order valence-corrected chi connectivity index (χ4v) is 4.09. The zero-order valence-electron chi connectivity index (χ0n) is 17.5. The molecule has 1 atom stereocenters. The molecule has 0 bridgehead atoms. The van der Waals surface area contributed by atoms with Crippen molar-refractivity contribution in [1.82, 2.24) is 19.6 Å². The molecule has 158 valence electrons. The predicted molar refractivity (Wildman–Crippen MR) is 116 cm³/mol. The van der Waals surface area contributed by atoms with Crippen LogP contribution in [0.1, 0.15) is 22.7 Å². The van der Waals surface area contributed by atoms with E-state index >= 15 is 0 Å². The number of para-hydroxylation sites is 1. The third-order valence-electron chi connectivity index (χ3n) is 5.50. The number of rotatable bonds is 3. The second-order valence-electron chi connectivity index (χ2n) is 7.59. The Hall–Kier alpha value is -4.38. The first-order valence-electron chi connectivity index (χ1n) is 10.0. The van der Waals surface area contributed by atoms with Crippen LogP contribution < -0.4 is 10.5 Å². The number of fused-ring (bicyclic) bond motifs is 1. The Kier molecular flexibility index (Phi) is 4.52. The number of nitrogens with two attached hydrogens (primary N) is 1. The second kappa shape index (κ2) is 7.39. The molecule has 0 saturated carbocycles. The Labute approximate surface area is 183 Å². The predicted octanol–water partition coefficient (Wildman–Crippen LogP) is 3.94. The highest BCUT2D eigenvalue weighted by atomic mass is 19.1. The normalized spacial score (nSPS) is 15.2. The Bertz CT molecular complexity index is 1390. The average molecular weight is 426 g/mol. The monoisotopic (exact) mass is 426 g/mol. The lowest BCUT2D eigenvalue weighted by atomic mass is 9.83. The largest absolute Gasteiger partial charge is 0.422 e. The molecule has 3 heterocycles. The number of benzene rings is 2. The van der Waals surface area contributed by atoms with Crippen LogP contribution in [0.25, 0.3) is 17.1 Å². The van der Waals surface area contributed by atoms with Crippen LogP contribution in [-0.2, 0) is 7.05 Å². The van der Waals surface area contributed by atoms with Gasteiger partial charge in [-0.2, -0.15) is 20.1 Å². The Balaban J connectivity index is 1.85. The lowest BCUT2D eigenvalue weighted by Gasteiger charge is -2.25. The van der Waals surface area contributed by atoms with Crippen molar-refractivity contribution >= 4 is 0 Å². The van der Waals surface area contributed by atoms with Gasteiger partial charge in [-0.3, -0.25) is 4.68 Å². The molecule has 5 rings (SSSR count). The molecule has 8 heteroatoms. The van der Waals surface area contributed by atoms with Crippen LogP contribution >= 0.6 is 0 Å². The third-order valence-corrected chi connectivity index (χ3v) is 5.50. The Morgan fingerprint density at radius 1 is 1.09 bits per heavy atom. The van der Waals surface area contributed by atoms with Gasteiger partial charge in [0.1, 0.15) is 23.2 Å². The van der Waals surface area contributed by atoms with Crippen molar-refractivity contribution in [2.75, 3.05) is 0 Å². The number of aromatic nitrogens is 4. The topological polar surface area (TPSA) is 94.7 Å². The summed E-state index contributed by atoms with van der Waals surface area (Å²) in [6.45, 7) is 1.90. The average Bonchev–Trinajstić information content (AvgIpc) is 3.32. The number of hydrogen-bond acceptors (Lipinski definition) is 5. The van der Waals surface area contributed by atoms with Gasteiger partial charge in [0.25, 0.3) is 0 Å². The van der Waals surface area contributed by atoms with Crippen molar-refractivity contribution in [2.45, 2.75) is 12.8 Å². The quantitative estimate of drug-likeness (QED) is 0.535. The van der Waals surface area contributed by atoms with E-state index in [9.17, 15) is 9.65 Å². The van der Waals surface area contributed by atoms with Crippen molar-refractivity contribution < 1.29 is 9.13 Å². The summed E-state index contributed by atoms with van der Waals surface area (Å²) >= 11 is 0. The summed E-state index contributed by atoms with van der Waals surface area (Å²) in [6, 6.07) is 19.7. The van der Waals surface area contributed by atoms with Crippen molar-refractivity contribution in [3.63, 3.8) is 0 Å². The number of halogens is 1. The summed E-state index contributed by atoms with van der Waals surface area (Å²) in [5.41, 5.74) is 10.8. The van der Waals surface area contributed by atoms with Crippen molar-refractivity contribution in [3.05, 3.63) is 94.8 Å². The van der Waals surface area contributed by atoms with Gasteiger partial charge < -0.3 is 10.5 Å². The molecule has 0 aliphatic carbocycles. The van der Waals surface area contributed by atoms with E-state index in [-0.39, 0.29) is 17.3 Å².